The quantitative estimate of drug-likeness (QED) is 0.658. The SMILES string of the molecule is C[C@@H](N)Cc1ccncc1. The number of nitrogens with zero attached hydrogens (tertiary/aromatic N) is 1. The van der Waals surface area contributed by atoms with Crippen LogP contribution in [0.4, 0.5) is 0 Å². The lowest BCUT2D eigenvalue weighted by Gasteiger charge is -2.02. The van der Waals surface area contributed by atoms with E-state index < -0.39 is 0 Å². The van der Waals surface area contributed by atoms with Crippen LogP contribution in [0.2, 0.25) is 0 Å². The number of hydrogen-bond acceptors (Lipinski definition) is 2. The average molecular weight is 136 g/mol. The molecular weight excluding hydrogens is 124 g/mol. The molecule has 0 aliphatic carbocycles. The molecular formula is C8H12N2. The average Bonchev–Trinajstić information content (AvgIpc) is 1.88. The van der Waals surface area contributed by atoms with Crippen molar-refractivity contribution in [2.75, 3.05) is 0 Å². The van der Waals surface area contributed by atoms with E-state index in [-0.39, 0.29) is 6.04 Å². The lowest BCUT2D eigenvalue weighted by atomic mass is 10.1. The molecule has 2 nitrogen and oxygen atoms in total. The second-order valence-corrected chi connectivity index (χ2v) is 2.54. The Kier molecular flexibility index (Phi) is 2.40. The smallest absolute Gasteiger partial charge is 0.0270 e. The third-order valence-corrected chi connectivity index (χ3v) is 1.31. The third-order valence-electron chi connectivity index (χ3n) is 1.31. The zero-order valence-corrected chi connectivity index (χ0v) is 6.12. The van der Waals surface area contributed by atoms with Crippen molar-refractivity contribution in [3.63, 3.8) is 0 Å². The lowest BCUT2D eigenvalue weighted by molar-refractivity contribution is 0.737. The molecule has 0 amide bonds. The fraction of sp³-hybridized carbons (Fsp3) is 0.375. The van der Waals surface area contributed by atoms with E-state index in [1.54, 1.807) is 12.4 Å². The Bertz CT molecular complexity index is 182. The van der Waals surface area contributed by atoms with Gasteiger partial charge in [0.1, 0.15) is 0 Å². The molecule has 0 unspecified atom stereocenters. The summed E-state index contributed by atoms with van der Waals surface area (Å²) >= 11 is 0. The monoisotopic (exact) mass is 136 g/mol. The molecule has 2 N–H and O–H groups in total. The zero-order chi connectivity index (χ0) is 7.40. The van der Waals surface area contributed by atoms with Crippen LogP contribution < -0.4 is 5.73 Å². The predicted molar refractivity (Wildman–Crippen MR) is 41.6 cm³/mol. The molecule has 1 rings (SSSR count). The van der Waals surface area contributed by atoms with Gasteiger partial charge < -0.3 is 5.73 Å². The minimum atomic E-state index is 0.238. The van der Waals surface area contributed by atoms with E-state index in [9.17, 15) is 0 Å². The van der Waals surface area contributed by atoms with Crippen LogP contribution in [0.25, 0.3) is 0 Å². The summed E-state index contributed by atoms with van der Waals surface area (Å²) in [5.74, 6) is 0. The molecule has 1 aromatic heterocycles. The van der Waals surface area contributed by atoms with E-state index in [1.807, 2.05) is 19.1 Å². The maximum Gasteiger partial charge on any atom is 0.0270 e. The van der Waals surface area contributed by atoms with Crippen LogP contribution in [-0.2, 0) is 6.42 Å². The van der Waals surface area contributed by atoms with Gasteiger partial charge in [-0.15, -0.1) is 0 Å². The van der Waals surface area contributed by atoms with Crippen molar-refractivity contribution in [2.24, 2.45) is 5.73 Å². The minimum Gasteiger partial charge on any atom is -0.328 e. The van der Waals surface area contributed by atoms with Gasteiger partial charge in [-0.05, 0) is 31.0 Å². The summed E-state index contributed by atoms with van der Waals surface area (Å²) in [6, 6.07) is 4.22. The molecule has 0 bridgehead atoms. The standard InChI is InChI=1S/C8H12N2/c1-7(9)6-8-2-4-10-5-3-8/h2-5,7H,6,9H2,1H3/t7-/m1/s1. The molecule has 0 radical (unpaired) electrons. The van der Waals surface area contributed by atoms with Gasteiger partial charge in [-0.1, -0.05) is 0 Å². The zero-order valence-electron chi connectivity index (χ0n) is 6.12. The van der Waals surface area contributed by atoms with Crippen molar-refractivity contribution in [2.45, 2.75) is 19.4 Å². The number of hydrogen-bond donors (Lipinski definition) is 1. The van der Waals surface area contributed by atoms with Crippen LogP contribution in [0, 0.1) is 0 Å². The van der Waals surface area contributed by atoms with E-state index >= 15 is 0 Å². The van der Waals surface area contributed by atoms with Gasteiger partial charge in [-0.25, -0.2) is 0 Å². The summed E-state index contributed by atoms with van der Waals surface area (Å²) in [7, 11) is 0. The van der Waals surface area contributed by atoms with Gasteiger partial charge >= 0.3 is 0 Å². The van der Waals surface area contributed by atoms with E-state index in [1.165, 1.54) is 5.56 Å². The normalized spacial score (nSPS) is 13.0. The minimum absolute atomic E-state index is 0.238. The number of nitrogens with two attached hydrogens (primary N) is 1. The Hall–Kier alpha value is -0.890. The Balaban J connectivity index is 2.59. The summed E-state index contributed by atoms with van der Waals surface area (Å²) in [4.78, 5) is 3.91. The molecule has 0 saturated carbocycles. The highest BCUT2D eigenvalue weighted by atomic mass is 14.6. The van der Waals surface area contributed by atoms with Crippen LogP contribution in [0.5, 0.6) is 0 Å². The van der Waals surface area contributed by atoms with Crippen molar-refractivity contribution >= 4 is 0 Å². The molecule has 0 saturated heterocycles. The van der Waals surface area contributed by atoms with Crippen molar-refractivity contribution in [1.29, 1.82) is 0 Å². The molecule has 1 atom stereocenters. The Morgan fingerprint density at radius 1 is 1.50 bits per heavy atom. The van der Waals surface area contributed by atoms with Crippen LogP contribution in [0.1, 0.15) is 12.5 Å². The highest BCUT2D eigenvalue weighted by Gasteiger charge is 1.94. The van der Waals surface area contributed by atoms with Crippen LogP contribution in [0.15, 0.2) is 24.5 Å². The maximum atomic E-state index is 5.60. The number of aromatic nitrogens is 1. The molecule has 10 heavy (non-hydrogen) atoms. The maximum absolute atomic E-state index is 5.60. The first-order chi connectivity index (χ1) is 4.79. The molecule has 2 heteroatoms. The predicted octanol–water partition coefficient (Wildman–Crippen LogP) is 0.971. The van der Waals surface area contributed by atoms with Gasteiger partial charge in [0.15, 0.2) is 0 Å². The van der Waals surface area contributed by atoms with Gasteiger partial charge in [0, 0.05) is 18.4 Å². The molecule has 1 heterocycles. The Morgan fingerprint density at radius 3 is 2.60 bits per heavy atom. The molecule has 0 spiro atoms. The highest BCUT2D eigenvalue weighted by molar-refractivity contribution is 5.10. The van der Waals surface area contributed by atoms with Gasteiger partial charge in [0.05, 0.1) is 0 Å². The molecule has 0 aliphatic rings. The first-order valence-corrected chi connectivity index (χ1v) is 3.43. The lowest BCUT2D eigenvalue weighted by Crippen LogP contribution is -2.17. The number of rotatable bonds is 2. The van der Waals surface area contributed by atoms with E-state index in [0.717, 1.165) is 6.42 Å². The van der Waals surface area contributed by atoms with Gasteiger partial charge in [0.25, 0.3) is 0 Å². The molecule has 0 aliphatic heterocycles. The second kappa shape index (κ2) is 3.32. The topological polar surface area (TPSA) is 38.9 Å². The summed E-state index contributed by atoms with van der Waals surface area (Å²) in [5, 5.41) is 0. The Labute approximate surface area is 61.1 Å². The van der Waals surface area contributed by atoms with Crippen LogP contribution in [-0.4, -0.2) is 11.0 Å². The first-order valence-electron chi connectivity index (χ1n) is 3.43. The van der Waals surface area contributed by atoms with E-state index in [0.29, 0.717) is 0 Å². The van der Waals surface area contributed by atoms with Crippen LogP contribution >= 0.6 is 0 Å². The summed E-state index contributed by atoms with van der Waals surface area (Å²) in [6.45, 7) is 2.00. The third kappa shape index (κ3) is 2.15. The molecule has 0 fully saturated rings. The van der Waals surface area contributed by atoms with Gasteiger partial charge in [0.2, 0.25) is 0 Å². The molecule has 54 valence electrons. The summed E-state index contributed by atoms with van der Waals surface area (Å²) in [5.41, 5.74) is 6.86. The number of pyridine rings is 1. The van der Waals surface area contributed by atoms with E-state index in [2.05, 4.69) is 4.98 Å². The molecule has 0 aromatic carbocycles. The fourth-order valence-electron chi connectivity index (χ4n) is 0.891. The highest BCUT2D eigenvalue weighted by Crippen LogP contribution is 1.98. The second-order valence-electron chi connectivity index (χ2n) is 2.54. The van der Waals surface area contributed by atoms with Crippen molar-refractivity contribution < 1.29 is 0 Å². The van der Waals surface area contributed by atoms with Crippen molar-refractivity contribution in [3.8, 4) is 0 Å². The molecule has 1 aromatic rings. The van der Waals surface area contributed by atoms with Crippen molar-refractivity contribution in [3.05, 3.63) is 30.1 Å². The first kappa shape index (κ1) is 7.22. The summed E-state index contributed by atoms with van der Waals surface area (Å²) < 4.78 is 0. The fourth-order valence-corrected chi connectivity index (χ4v) is 0.891. The van der Waals surface area contributed by atoms with E-state index in [4.69, 9.17) is 5.73 Å². The summed E-state index contributed by atoms with van der Waals surface area (Å²) in [6.07, 6.45) is 4.51. The Morgan fingerprint density at radius 2 is 2.10 bits per heavy atom. The van der Waals surface area contributed by atoms with Crippen LogP contribution in [0.3, 0.4) is 0 Å². The van der Waals surface area contributed by atoms with Gasteiger partial charge in [-0.3, -0.25) is 4.98 Å². The van der Waals surface area contributed by atoms with Gasteiger partial charge in [-0.2, -0.15) is 0 Å². The largest absolute Gasteiger partial charge is 0.328 e. The van der Waals surface area contributed by atoms with Crippen molar-refractivity contribution in [1.82, 2.24) is 4.98 Å².